The lowest BCUT2D eigenvalue weighted by Crippen LogP contribution is -1.91. The summed E-state index contributed by atoms with van der Waals surface area (Å²) in [5, 5.41) is 0.674. The summed E-state index contributed by atoms with van der Waals surface area (Å²) < 4.78 is 20.9. The summed E-state index contributed by atoms with van der Waals surface area (Å²) in [6.07, 6.45) is 1.92. The first-order valence-corrected chi connectivity index (χ1v) is 5.04. The highest BCUT2D eigenvalue weighted by atomic mass is 19.1. The Balaban J connectivity index is 2.54. The van der Waals surface area contributed by atoms with Gasteiger partial charge in [-0.05, 0) is 19.1 Å². The van der Waals surface area contributed by atoms with Crippen molar-refractivity contribution in [1.82, 2.24) is 4.57 Å². The number of aryl methyl sites for hydroxylation is 1. The van der Waals surface area contributed by atoms with Gasteiger partial charge in [0.1, 0.15) is 5.82 Å². The van der Waals surface area contributed by atoms with Gasteiger partial charge in [0.15, 0.2) is 0 Å². The zero-order chi connectivity index (χ0) is 10.8. The van der Waals surface area contributed by atoms with Gasteiger partial charge in [-0.1, -0.05) is 6.07 Å². The molecule has 0 bridgehead atoms. The second-order valence-electron chi connectivity index (χ2n) is 3.54. The van der Waals surface area contributed by atoms with Crippen LogP contribution in [-0.4, -0.2) is 11.2 Å². The summed E-state index contributed by atoms with van der Waals surface area (Å²) >= 11 is 0. The highest BCUT2D eigenvalue weighted by molar-refractivity contribution is 5.84. The standard InChI is InChI=1S/C12H14FNO/c1-3-15-8-9-7-14(2)11-6-4-5-10(13)12(9)11/h4-7H,3,8H2,1-2H3. The quantitative estimate of drug-likeness (QED) is 0.754. The van der Waals surface area contributed by atoms with Gasteiger partial charge in [0.05, 0.1) is 12.1 Å². The molecule has 3 heteroatoms. The molecule has 2 rings (SSSR count). The molecule has 1 heterocycles. The van der Waals surface area contributed by atoms with E-state index in [2.05, 4.69) is 0 Å². The van der Waals surface area contributed by atoms with E-state index >= 15 is 0 Å². The molecule has 15 heavy (non-hydrogen) atoms. The number of fused-ring (bicyclic) bond motifs is 1. The van der Waals surface area contributed by atoms with Crippen LogP contribution in [0.5, 0.6) is 0 Å². The summed E-state index contributed by atoms with van der Waals surface area (Å²) in [5.41, 5.74) is 1.82. The molecule has 0 spiro atoms. The van der Waals surface area contributed by atoms with Crippen molar-refractivity contribution in [3.8, 4) is 0 Å². The van der Waals surface area contributed by atoms with Gasteiger partial charge in [0, 0.05) is 30.8 Å². The Morgan fingerprint density at radius 2 is 2.20 bits per heavy atom. The third kappa shape index (κ3) is 1.75. The van der Waals surface area contributed by atoms with Crippen molar-refractivity contribution in [3.63, 3.8) is 0 Å². The second kappa shape index (κ2) is 4.03. The van der Waals surface area contributed by atoms with Crippen LogP contribution in [-0.2, 0) is 18.4 Å². The summed E-state index contributed by atoms with van der Waals surface area (Å²) in [4.78, 5) is 0. The second-order valence-corrected chi connectivity index (χ2v) is 3.54. The number of hydrogen-bond donors (Lipinski definition) is 0. The molecule has 2 nitrogen and oxygen atoms in total. The molecule has 0 aliphatic rings. The highest BCUT2D eigenvalue weighted by Crippen LogP contribution is 2.24. The maximum Gasteiger partial charge on any atom is 0.132 e. The van der Waals surface area contributed by atoms with E-state index in [1.807, 2.05) is 30.8 Å². The Kier molecular flexibility index (Phi) is 2.73. The molecule has 80 valence electrons. The van der Waals surface area contributed by atoms with Crippen molar-refractivity contribution < 1.29 is 9.13 Å². The van der Waals surface area contributed by atoms with Crippen molar-refractivity contribution in [1.29, 1.82) is 0 Å². The van der Waals surface area contributed by atoms with Crippen molar-refractivity contribution in [2.45, 2.75) is 13.5 Å². The molecule has 0 amide bonds. The first-order chi connectivity index (χ1) is 7.24. The minimum atomic E-state index is -0.178. The average molecular weight is 207 g/mol. The SMILES string of the molecule is CCOCc1cn(C)c2cccc(F)c12. The summed E-state index contributed by atoms with van der Waals surface area (Å²) in [7, 11) is 1.91. The molecule has 1 aromatic heterocycles. The van der Waals surface area contributed by atoms with E-state index in [1.54, 1.807) is 6.07 Å². The van der Waals surface area contributed by atoms with E-state index in [0.29, 0.717) is 18.6 Å². The van der Waals surface area contributed by atoms with Crippen LogP contribution in [0.25, 0.3) is 10.9 Å². The van der Waals surface area contributed by atoms with Crippen LogP contribution in [0.1, 0.15) is 12.5 Å². The minimum Gasteiger partial charge on any atom is -0.377 e. The Morgan fingerprint density at radius 3 is 2.93 bits per heavy atom. The van der Waals surface area contributed by atoms with E-state index < -0.39 is 0 Å². The predicted molar refractivity (Wildman–Crippen MR) is 58.2 cm³/mol. The fourth-order valence-electron chi connectivity index (χ4n) is 1.81. The van der Waals surface area contributed by atoms with Gasteiger partial charge < -0.3 is 9.30 Å². The third-order valence-corrected chi connectivity index (χ3v) is 2.50. The Morgan fingerprint density at radius 1 is 1.40 bits per heavy atom. The highest BCUT2D eigenvalue weighted by Gasteiger charge is 2.10. The van der Waals surface area contributed by atoms with E-state index in [4.69, 9.17) is 4.74 Å². The minimum absolute atomic E-state index is 0.178. The van der Waals surface area contributed by atoms with Gasteiger partial charge in [0.25, 0.3) is 0 Å². The van der Waals surface area contributed by atoms with Gasteiger partial charge >= 0.3 is 0 Å². The van der Waals surface area contributed by atoms with E-state index in [0.717, 1.165) is 11.1 Å². The molecule has 0 saturated heterocycles. The summed E-state index contributed by atoms with van der Waals surface area (Å²) in [6, 6.07) is 5.12. The average Bonchev–Trinajstić information content (AvgIpc) is 2.55. The van der Waals surface area contributed by atoms with Crippen LogP contribution in [0, 0.1) is 5.82 Å². The van der Waals surface area contributed by atoms with Crippen molar-refractivity contribution >= 4 is 10.9 Å². The normalized spacial score (nSPS) is 11.1. The van der Waals surface area contributed by atoms with Crippen LogP contribution in [0.2, 0.25) is 0 Å². The number of ether oxygens (including phenoxy) is 1. The molecule has 0 aliphatic heterocycles. The zero-order valence-electron chi connectivity index (χ0n) is 8.96. The molecule has 0 fully saturated rings. The van der Waals surface area contributed by atoms with Crippen molar-refractivity contribution in [2.24, 2.45) is 7.05 Å². The monoisotopic (exact) mass is 207 g/mol. The lowest BCUT2D eigenvalue weighted by atomic mass is 10.2. The lowest BCUT2D eigenvalue weighted by molar-refractivity contribution is 0.135. The van der Waals surface area contributed by atoms with Crippen LogP contribution >= 0.6 is 0 Å². The number of benzene rings is 1. The predicted octanol–water partition coefficient (Wildman–Crippen LogP) is 2.85. The summed E-state index contributed by atoms with van der Waals surface area (Å²) in [5.74, 6) is -0.178. The van der Waals surface area contributed by atoms with E-state index in [9.17, 15) is 4.39 Å². The molecular weight excluding hydrogens is 193 g/mol. The van der Waals surface area contributed by atoms with Gasteiger partial charge in [0.2, 0.25) is 0 Å². The van der Waals surface area contributed by atoms with Gasteiger partial charge in [-0.3, -0.25) is 0 Å². The fraction of sp³-hybridized carbons (Fsp3) is 0.333. The molecule has 0 radical (unpaired) electrons. The Hall–Kier alpha value is -1.35. The summed E-state index contributed by atoms with van der Waals surface area (Å²) in [6.45, 7) is 3.04. The molecule has 1 aromatic carbocycles. The van der Waals surface area contributed by atoms with Crippen LogP contribution in [0.3, 0.4) is 0 Å². The van der Waals surface area contributed by atoms with Crippen LogP contribution < -0.4 is 0 Å². The maximum absolute atomic E-state index is 13.6. The fourth-order valence-corrected chi connectivity index (χ4v) is 1.81. The Bertz CT molecular complexity index is 476. The molecule has 0 aliphatic carbocycles. The molecule has 0 unspecified atom stereocenters. The largest absolute Gasteiger partial charge is 0.377 e. The zero-order valence-corrected chi connectivity index (χ0v) is 8.96. The number of hydrogen-bond acceptors (Lipinski definition) is 1. The number of halogens is 1. The molecule has 2 aromatic rings. The maximum atomic E-state index is 13.6. The first kappa shape index (κ1) is 10.2. The van der Waals surface area contributed by atoms with Crippen LogP contribution in [0.4, 0.5) is 4.39 Å². The molecule has 0 N–H and O–H groups in total. The van der Waals surface area contributed by atoms with Crippen molar-refractivity contribution in [2.75, 3.05) is 6.61 Å². The van der Waals surface area contributed by atoms with E-state index in [-0.39, 0.29) is 5.82 Å². The van der Waals surface area contributed by atoms with Gasteiger partial charge in [-0.25, -0.2) is 4.39 Å². The Labute approximate surface area is 88.3 Å². The van der Waals surface area contributed by atoms with Gasteiger partial charge in [-0.2, -0.15) is 0 Å². The number of aromatic nitrogens is 1. The van der Waals surface area contributed by atoms with Crippen LogP contribution in [0.15, 0.2) is 24.4 Å². The smallest absolute Gasteiger partial charge is 0.132 e. The van der Waals surface area contributed by atoms with Gasteiger partial charge in [-0.15, -0.1) is 0 Å². The van der Waals surface area contributed by atoms with E-state index in [1.165, 1.54) is 6.07 Å². The first-order valence-electron chi connectivity index (χ1n) is 5.04. The topological polar surface area (TPSA) is 14.2 Å². The number of rotatable bonds is 3. The third-order valence-electron chi connectivity index (χ3n) is 2.50. The lowest BCUT2D eigenvalue weighted by Gasteiger charge is -1.99. The molecule has 0 saturated carbocycles. The number of nitrogens with zero attached hydrogens (tertiary/aromatic N) is 1. The van der Waals surface area contributed by atoms with Crippen molar-refractivity contribution in [3.05, 3.63) is 35.8 Å². The molecular formula is C12H14FNO. The molecule has 0 atom stereocenters.